The number of aromatic nitrogens is 4. The van der Waals surface area contributed by atoms with Crippen molar-refractivity contribution in [3.05, 3.63) is 28.7 Å². The van der Waals surface area contributed by atoms with E-state index in [9.17, 15) is 4.79 Å². The van der Waals surface area contributed by atoms with Crippen molar-refractivity contribution in [2.75, 3.05) is 13.1 Å². The average Bonchev–Trinajstić information content (AvgIpc) is 2.96. The van der Waals surface area contributed by atoms with Crippen molar-refractivity contribution in [3.63, 3.8) is 0 Å². The third-order valence-electron chi connectivity index (χ3n) is 6.63. The van der Waals surface area contributed by atoms with Gasteiger partial charge >= 0.3 is 0 Å². The van der Waals surface area contributed by atoms with Crippen LogP contribution in [0.1, 0.15) is 66.8 Å². The van der Waals surface area contributed by atoms with Gasteiger partial charge in [-0.05, 0) is 45.4 Å². The van der Waals surface area contributed by atoms with Crippen LogP contribution >= 0.6 is 0 Å². The first-order chi connectivity index (χ1) is 12.6. The second-order valence-electron chi connectivity index (χ2n) is 8.33. The maximum absolute atomic E-state index is 13.0. The lowest BCUT2D eigenvalue weighted by molar-refractivity contribution is -0.129. The van der Waals surface area contributed by atoms with Gasteiger partial charge in [-0.2, -0.15) is 5.10 Å². The second-order valence-corrected chi connectivity index (χ2v) is 8.33. The molecule has 1 N–H and O–H groups in total. The molecule has 2 saturated carbocycles. The molecule has 26 heavy (non-hydrogen) atoms. The van der Waals surface area contributed by atoms with E-state index in [-0.39, 0.29) is 11.3 Å². The monoisotopic (exact) mass is 355 g/mol. The number of nitrogens with zero attached hydrogens (tertiary/aromatic N) is 4. The predicted octanol–water partition coefficient (Wildman–Crippen LogP) is 2.41. The minimum absolute atomic E-state index is 0.129. The Balaban J connectivity index is 1.37. The maximum atomic E-state index is 13.0. The normalized spacial score (nSPS) is 27.9. The fraction of sp³-hybridized carbons (Fsp3) is 0.684. The van der Waals surface area contributed by atoms with Crippen LogP contribution in [-0.2, 0) is 16.6 Å². The molecule has 0 spiro atoms. The van der Waals surface area contributed by atoms with Gasteiger partial charge in [-0.15, -0.1) is 10.2 Å². The standard InChI is InChI=1S/C19H25N5O2/c1-11-15(12(2)21-20-11)8-16(25)24-9-14-4-3-7-19(14,10-24)18-23-22-17(26-18)13-5-6-13/h13-14H,3-10H2,1-2H3,(H,20,21)/t14-,19-/m0/s1. The summed E-state index contributed by atoms with van der Waals surface area (Å²) in [4.78, 5) is 15.0. The topological polar surface area (TPSA) is 87.9 Å². The molecule has 0 aromatic carbocycles. The Bertz CT molecular complexity index is 832. The van der Waals surface area contributed by atoms with E-state index in [0.717, 1.165) is 61.0 Å². The fourth-order valence-corrected chi connectivity index (χ4v) is 4.86. The van der Waals surface area contributed by atoms with Crippen LogP contribution < -0.4 is 0 Å². The number of carbonyl (C=O) groups is 1. The summed E-state index contributed by atoms with van der Waals surface area (Å²) in [6.07, 6.45) is 6.08. The van der Waals surface area contributed by atoms with E-state index in [1.54, 1.807) is 0 Å². The van der Waals surface area contributed by atoms with Gasteiger partial charge in [0.25, 0.3) is 0 Å². The van der Waals surface area contributed by atoms with Gasteiger partial charge < -0.3 is 9.32 Å². The average molecular weight is 355 g/mol. The zero-order valence-corrected chi connectivity index (χ0v) is 15.4. The summed E-state index contributed by atoms with van der Waals surface area (Å²) in [5.41, 5.74) is 2.79. The van der Waals surface area contributed by atoms with E-state index in [4.69, 9.17) is 4.42 Å². The quantitative estimate of drug-likeness (QED) is 0.910. The zero-order chi connectivity index (χ0) is 17.9. The molecule has 0 bridgehead atoms. The van der Waals surface area contributed by atoms with Crippen LogP contribution in [0.2, 0.25) is 0 Å². The van der Waals surface area contributed by atoms with Crippen LogP contribution in [0.5, 0.6) is 0 Å². The Morgan fingerprint density at radius 2 is 2.15 bits per heavy atom. The van der Waals surface area contributed by atoms with Crippen LogP contribution in [0.25, 0.3) is 0 Å². The SMILES string of the molecule is Cc1n[nH]c(C)c1CC(=O)N1C[C@@H]2CCC[C@]2(c2nnc(C3CC3)o2)C1. The van der Waals surface area contributed by atoms with Crippen LogP contribution in [0.3, 0.4) is 0 Å². The lowest BCUT2D eigenvalue weighted by Gasteiger charge is -2.24. The first-order valence-corrected chi connectivity index (χ1v) is 9.69. The number of H-pyrrole nitrogens is 1. The summed E-state index contributed by atoms with van der Waals surface area (Å²) in [5, 5.41) is 15.9. The summed E-state index contributed by atoms with van der Waals surface area (Å²) in [6.45, 7) is 5.43. The molecule has 2 aliphatic carbocycles. The largest absolute Gasteiger partial charge is 0.424 e. The first-order valence-electron chi connectivity index (χ1n) is 9.69. The molecule has 3 aliphatic rings. The van der Waals surface area contributed by atoms with Crippen LogP contribution in [0.4, 0.5) is 0 Å². The first kappa shape index (κ1) is 16.0. The zero-order valence-electron chi connectivity index (χ0n) is 15.4. The molecule has 0 radical (unpaired) electrons. The van der Waals surface area contributed by atoms with Gasteiger partial charge in [-0.25, -0.2) is 0 Å². The number of fused-ring (bicyclic) bond motifs is 1. The summed E-state index contributed by atoms with van der Waals surface area (Å²) in [6, 6.07) is 0. The number of aryl methyl sites for hydroxylation is 2. The van der Waals surface area contributed by atoms with Crippen molar-refractivity contribution in [2.45, 2.75) is 63.7 Å². The molecule has 7 nitrogen and oxygen atoms in total. The number of likely N-dealkylation sites (tertiary alicyclic amines) is 1. The van der Waals surface area contributed by atoms with E-state index in [1.807, 2.05) is 18.7 Å². The summed E-state index contributed by atoms with van der Waals surface area (Å²) >= 11 is 0. The number of hydrogen-bond acceptors (Lipinski definition) is 5. The fourth-order valence-electron chi connectivity index (χ4n) is 4.86. The van der Waals surface area contributed by atoms with Gasteiger partial charge in [0.05, 0.1) is 17.5 Å². The smallest absolute Gasteiger partial charge is 0.227 e. The van der Waals surface area contributed by atoms with Crippen molar-refractivity contribution < 1.29 is 9.21 Å². The highest BCUT2D eigenvalue weighted by molar-refractivity contribution is 5.80. The van der Waals surface area contributed by atoms with Crippen LogP contribution in [-0.4, -0.2) is 44.3 Å². The van der Waals surface area contributed by atoms with E-state index < -0.39 is 0 Å². The van der Waals surface area contributed by atoms with Crippen LogP contribution in [0, 0.1) is 19.8 Å². The van der Waals surface area contributed by atoms with Crippen molar-refractivity contribution in [1.82, 2.24) is 25.3 Å². The number of nitrogens with one attached hydrogen (secondary N) is 1. The molecule has 5 rings (SSSR count). The molecule has 1 aliphatic heterocycles. The Morgan fingerprint density at radius 3 is 2.88 bits per heavy atom. The minimum atomic E-state index is -0.129. The van der Waals surface area contributed by atoms with Gasteiger partial charge in [0, 0.05) is 30.3 Å². The molecule has 0 unspecified atom stereocenters. The Kier molecular flexibility index (Phi) is 3.49. The molecule has 3 fully saturated rings. The van der Waals surface area contributed by atoms with E-state index in [1.165, 1.54) is 6.42 Å². The molecule has 7 heteroatoms. The lowest BCUT2D eigenvalue weighted by atomic mass is 9.80. The highest BCUT2D eigenvalue weighted by atomic mass is 16.4. The molecule has 1 amide bonds. The van der Waals surface area contributed by atoms with Crippen molar-refractivity contribution in [3.8, 4) is 0 Å². The Hall–Kier alpha value is -2.18. The lowest BCUT2D eigenvalue weighted by Crippen LogP contribution is -2.35. The number of carbonyl (C=O) groups excluding carboxylic acids is 1. The van der Waals surface area contributed by atoms with Gasteiger partial charge in [0.1, 0.15) is 0 Å². The Labute approximate surface area is 152 Å². The number of aromatic amines is 1. The molecule has 138 valence electrons. The predicted molar refractivity (Wildman–Crippen MR) is 93.6 cm³/mol. The molecular formula is C19H25N5O2. The number of rotatable bonds is 4. The van der Waals surface area contributed by atoms with Crippen molar-refractivity contribution >= 4 is 5.91 Å². The van der Waals surface area contributed by atoms with Gasteiger partial charge in [-0.1, -0.05) is 6.42 Å². The van der Waals surface area contributed by atoms with E-state index in [2.05, 4.69) is 20.4 Å². The highest BCUT2D eigenvalue weighted by Crippen LogP contribution is 2.51. The van der Waals surface area contributed by atoms with Crippen LogP contribution in [0.15, 0.2) is 4.42 Å². The van der Waals surface area contributed by atoms with Crippen molar-refractivity contribution in [2.24, 2.45) is 5.92 Å². The molecule has 2 atom stereocenters. The van der Waals surface area contributed by atoms with E-state index >= 15 is 0 Å². The summed E-state index contributed by atoms with van der Waals surface area (Å²) in [5.74, 6) is 2.65. The van der Waals surface area contributed by atoms with Gasteiger partial charge in [0.15, 0.2) is 0 Å². The maximum Gasteiger partial charge on any atom is 0.227 e. The molecular weight excluding hydrogens is 330 g/mol. The number of amides is 1. The number of hydrogen-bond donors (Lipinski definition) is 1. The molecule has 2 aromatic rings. The third-order valence-corrected chi connectivity index (χ3v) is 6.63. The van der Waals surface area contributed by atoms with Gasteiger partial charge in [-0.3, -0.25) is 9.89 Å². The third kappa shape index (κ3) is 2.40. The summed E-state index contributed by atoms with van der Waals surface area (Å²) in [7, 11) is 0. The highest BCUT2D eigenvalue weighted by Gasteiger charge is 2.55. The molecule has 2 aromatic heterocycles. The molecule has 3 heterocycles. The minimum Gasteiger partial charge on any atom is -0.424 e. The summed E-state index contributed by atoms with van der Waals surface area (Å²) < 4.78 is 6.09. The van der Waals surface area contributed by atoms with Crippen molar-refractivity contribution in [1.29, 1.82) is 0 Å². The Morgan fingerprint density at radius 1 is 1.31 bits per heavy atom. The molecule has 1 saturated heterocycles. The second kappa shape index (κ2) is 5.66. The van der Waals surface area contributed by atoms with E-state index in [0.29, 0.717) is 24.8 Å². The van der Waals surface area contributed by atoms with Gasteiger partial charge in [0.2, 0.25) is 17.7 Å².